The number of nitrogens with one attached hydrogen (secondary N) is 1. The molecule has 23 heavy (non-hydrogen) atoms. The number of quaternary nitrogens is 1. The lowest BCUT2D eigenvalue weighted by Gasteiger charge is -2.17. The fraction of sp³-hybridized carbons (Fsp3) is 0.263. The minimum Gasteiger partial charge on any atom is -0.330 e. The number of amides is 1. The third kappa shape index (κ3) is 4.50. The van der Waals surface area contributed by atoms with Crippen molar-refractivity contribution in [3.63, 3.8) is 0 Å². The molecule has 120 valence electrons. The van der Waals surface area contributed by atoms with Gasteiger partial charge in [-0.3, -0.25) is 9.59 Å². The number of hydrogen-bond donors (Lipinski definition) is 2. The summed E-state index contributed by atoms with van der Waals surface area (Å²) in [5.74, 6) is -0.170. The van der Waals surface area contributed by atoms with Gasteiger partial charge in [-0.1, -0.05) is 42.5 Å². The van der Waals surface area contributed by atoms with Crippen molar-refractivity contribution in [2.75, 3.05) is 5.32 Å². The van der Waals surface area contributed by atoms with Crippen molar-refractivity contribution in [2.45, 2.75) is 32.9 Å². The predicted octanol–water partition coefficient (Wildman–Crippen LogP) is 2.54. The van der Waals surface area contributed by atoms with E-state index in [0.29, 0.717) is 11.3 Å². The van der Waals surface area contributed by atoms with Crippen LogP contribution >= 0.6 is 0 Å². The van der Waals surface area contributed by atoms with Crippen LogP contribution in [0.2, 0.25) is 0 Å². The molecule has 0 aliphatic carbocycles. The van der Waals surface area contributed by atoms with E-state index in [-0.39, 0.29) is 23.8 Å². The number of hydrogen-bond acceptors (Lipinski definition) is 2. The molecule has 0 fully saturated rings. The van der Waals surface area contributed by atoms with Crippen LogP contribution in [0.15, 0.2) is 54.6 Å². The molecule has 0 spiro atoms. The Bertz CT molecular complexity index is 683. The van der Waals surface area contributed by atoms with E-state index in [0.717, 1.165) is 0 Å². The summed E-state index contributed by atoms with van der Waals surface area (Å²) in [6.07, 6.45) is 0. The van der Waals surface area contributed by atoms with Crippen LogP contribution in [0.3, 0.4) is 0 Å². The number of rotatable bonds is 6. The van der Waals surface area contributed by atoms with E-state index >= 15 is 0 Å². The van der Waals surface area contributed by atoms with Gasteiger partial charge in [0, 0.05) is 11.1 Å². The minimum atomic E-state index is -0.259. The molecule has 2 aromatic carbocycles. The van der Waals surface area contributed by atoms with Crippen LogP contribution in [0, 0.1) is 0 Å². The van der Waals surface area contributed by atoms with Crippen molar-refractivity contribution in [1.29, 1.82) is 0 Å². The Labute approximate surface area is 136 Å². The molecular weight excluding hydrogens is 288 g/mol. The second kappa shape index (κ2) is 7.70. The first kappa shape index (κ1) is 16.9. The number of carbonyl (C=O) groups is 2. The summed E-state index contributed by atoms with van der Waals surface area (Å²) in [6.45, 7) is 5.44. The van der Waals surface area contributed by atoms with Crippen LogP contribution in [-0.4, -0.2) is 17.7 Å². The summed E-state index contributed by atoms with van der Waals surface area (Å²) in [5, 5.41) is 4.87. The smallest absolute Gasteiger partial charge is 0.282 e. The number of benzene rings is 2. The molecule has 2 rings (SSSR count). The molecule has 0 saturated carbocycles. The molecule has 1 amide bonds. The SMILES string of the molecule is CC(=O)c1ccccc1NC(=O)[C@@H](C)[NH2+][C@H](C)c1ccccc1. The van der Waals surface area contributed by atoms with Crippen LogP contribution in [0.25, 0.3) is 0 Å². The zero-order valence-corrected chi connectivity index (χ0v) is 13.7. The molecule has 2 atom stereocenters. The van der Waals surface area contributed by atoms with Crippen molar-refractivity contribution >= 4 is 17.4 Å². The van der Waals surface area contributed by atoms with Gasteiger partial charge in [0.25, 0.3) is 5.91 Å². The van der Waals surface area contributed by atoms with Gasteiger partial charge in [0.1, 0.15) is 6.04 Å². The van der Waals surface area contributed by atoms with Crippen LogP contribution in [-0.2, 0) is 4.79 Å². The average Bonchev–Trinajstić information content (AvgIpc) is 2.55. The zero-order valence-electron chi connectivity index (χ0n) is 13.7. The van der Waals surface area contributed by atoms with Gasteiger partial charge in [0.15, 0.2) is 11.8 Å². The number of para-hydroxylation sites is 1. The van der Waals surface area contributed by atoms with Gasteiger partial charge < -0.3 is 10.6 Å². The van der Waals surface area contributed by atoms with E-state index in [1.165, 1.54) is 12.5 Å². The molecule has 0 radical (unpaired) electrons. The number of Topliss-reactive ketones (excluding diaryl/α,β-unsaturated/α-hetero) is 1. The molecule has 0 aliphatic rings. The predicted molar refractivity (Wildman–Crippen MR) is 91.3 cm³/mol. The Hall–Kier alpha value is -2.46. The molecule has 4 nitrogen and oxygen atoms in total. The number of anilines is 1. The highest BCUT2D eigenvalue weighted by atomic mass is 16.2. The van der Waals surface area contributed by atoms with Crippen molar-refractivity contribution in [3.8, 4) is 0 Å². The van der Waals surface area contributed by atoms with Crippen molar-refractivity contribution in [2.24, 2.45) is 0 Å². The highest BCUT2D eigenvalue weighted by molar-refractivity contribution is 6.04. The van der Waals surface area contributed by atoms with E-state index in [9.17, 15) is 9.59 Å². The van der Waals surface area contributed by atoms with Crippen LogP contribution in [0.1, 0.15) is 42.7 Å². The third-order valence-corrected chi connectivity index (χ3v) is 3.88. The average molecular weight is 311 g/mol. The first-order valence-electron chi connectivity index (χ1n) is 7.79. The van der Waals surface area contributed by atoms with Crippen molar-refractivity contribution < 1.29 is 14.9 Å². The van der Waals surface area contributed by atoms with E-state index < -0.39 is 0 Å². The second-order valence-electron chi connectivity index (χ2n) is 5.77. The molecule has 0 saturated heterocycles. The maximum atomic E-state index is 12.4. The summed E-state index contributed by atoms with van der Waals surface area (Å²) >= 11 is 0. The Morgan fingerprint density at radius 2 is 1.57 bits per heavy atom. The number of nitrogens with two attached hydrogens (primary N) is 1. The highest BCUT2D eigenvalue weighted by Gasteiger charge is 2.21. The standard InChI is InChI=1S/C19H22N2O2/c1-13(16-9-5-4-6-10-16)20-14(2)19(23)21-18-12-8-7-11-17(18)15(3)22/h4-14,20H,1-3H3,(H,21,23)/p+1/t13-,14-/m1/s1. The summed E-state index contributed by atoms with van der Waals surface area (Å²) < 4.78 is 0. The van der Waals surface area contributed by atoms with Crippen LogP contribution in [0.5, 0.6) is 0 Å². The van der Waals surface area contributed by atoms with Gasteiger partial charge in [0.2, 0.25) is 0 Å². The summed E-state index contributed by atoms with van der Waals surface area (Å²) in [5.41, 5.74) is 2.28. The highest BCUT2D eigenvalue weighted by Crippen LogP contribution is 2.15. The molecule has 0 unspecified atom stereocenters. The molecule has 0 bridgehead atoms. The molecule has 4 heteroatoms. The Kier molecular flexibility index (Phi) is 5.66. The first-order valence-corrected chi connectivity index (χ1v) is 7.79. The van der Waals surface area contributed by atoms with Crippen molar-refractivity contribution in [1.82, 2.24) is 0 Å². The fourth-order valence-electron chi connectivity index (χ4n) is 2.53. The lowest BCUT2D eigenvalue weighted by Crippen LogP contribution is -2.91. The van der Waals surface area contributed by atoms with E-state index in [4.69, 9.17) is 0 Å². The van der Waals surface area contributed by atoms with E-state index in [2.05, 4.69) is 24.4 Å². The molecule has 0 aromatic heterocycles. The molecule has 0 aliphatic heterocycles. The lowest BCUT2D eigenvalue weighted by molar-refractivity contribution is -0.709. The first-order chi connectivity index (χ1) is 11.0. The Balaban J connectivity index is 2.02. The number of carbonyl (C=O) groups excluding carboxylic acids is 2. The second-order valence-corrected chi connectivity index (χ2v) is 5.77. The van der Waals surface area contributed by atoms with Gasteiger partial charge in [0.05, 0.1) is 5.69 Å². The summed E-state index contributed by atoms with van der Waals surface area (Å²) in [6, 6.07) is 17.1. The maximum absolute atomic E-state index is 12.4. The fourth-order valence-corrected chi connectivity index (χ4v) is 2.53. The Morgan fingerprint density at radius 3 is 2.22 bits per heavy atom. The largest absolute Gasteiger partial charge is 0.330 e. The summed E-state index contributed by atoms with van der Waals surface area (Å²) in [7, 11) is 0. The normalized spacial score (nSPS) is 13.2. The molecular formula is C19H23N2O2+. The monoisotopic (exact) mass is 311 g/mol. The minimum absolute atomic E-state index is 0.0600. The Morgan fingerprint density at radius 1 is 0.957 bits per heavy atom. The van der Waals surface area contributed by atoms with Gasteiger partial charge >= 0.3 is 0 Å². The maximum Gasteiger partial charge on any atom is 0.282 e. The van der Waals surface area contributed by atoms with Gasteiger partial charge in [-0.25, -0.2) is 0 Å². The van der Waals surface area contributed by atoms with E-state index in [1.54, 1.807) is 18.2 Å². The van der Waals surface area contributed by atoms with E-state index in [1.807, 2.05) is 36.5 Å². The van der Waals surface area contributed by atoms with Gasteiger partial charge in [-0.05, 0) is 32.9 Å². The van der Waals surface area contributed by atoms with Crippen molar-refractivity contribution in [3.05, 3.63) is 65.7 Å². The third-order valence-electron chi connectivity index (χ3n) is 3.88. The molecule has 3 N–H and O–H groups in total. The molecule has 0 heterocycles. The summed E-state index contributed by atoms with van der Waals surface area (Å²) in [4.78, 5) is 24.0. The van der Waals surface area contributed by atoms with Crippen LogP contribution < -0.4 is 10.6 Å². The van der Waals surface area contributed by atoms with Gasteiger partial charge in [-0.15, -0.1) is 0 Å². The lowest BCUT2D eigenvalue weighted by atomic mass is 10.1. The topological polar surface area (TPSA) is 62.8 Å². The van der Waals surface area contributed by atoms with Crippen LogP contribution in [0.4, 0.5) is 5.69 Å². The zero-order chi connectivity index (χ0) is 16.8. The number of ketones is 1. The van der Waals surface area contributed by atoms with Gasteiger partial charge in [-0.2, -0.15) is 0 Å². The quantitative estimate of drug-likeness (QED) is 0.805. The molecule has 2 aromatic rings.